The van der Waals surface area contributed by atoms with Crippen molar-refractivity contribution in [3.05, 3.63) is 24.3 Å². The maximum Gasteiger partial charge on any atom is 0.0620 e. The molecule has 1 heterocycles. The molecular weight excluding hydrogens is 198 g/mol. The van der Waals surface area contributed by atoms with Gasteiger partial charge < -0.3 is 5.32 Å². The number of hydrogen-bond acceptors (Lipinski definition) is 3. The van der Waals surface area contributed by atoms with Crippen LogP contribution in [0.1, 0.15) is 44.2 Å². The molecule has 0 spiro atoms. The van der Waals surface area contributed by atoms with Gasteiger partial charge in [0.05, 0.1) is 5.69 Å². The molecule has 1 aliphatic rings. The van der Waals surface area contributed by atoms with Crippen LogP contribution in [-0.2, 0) is 0 Å². The normalized spacial score (nSPS) is 25.6. The summed E-state index contributed by atoms with van der Waals surface area (Å²) in [7, 11) is 0. The number of nitrogens with zero attached hydrogens (tertiary/aromatic N) is 2. The molecule has 1 fully saturated rings. The highest BCUT2D eigenvalue weighted by Gasteiger charge is 2.26. The van der Waals surface area contributed by atoms with Crippen molar-refractivity contribution in [3.8, 4) is 0 Å². The Morgan fingerprint density at radius 3 is 2.94 bits per heavy atom. The molecule has 2 rings (SSSR count). The number of hydrogen-bond donors (Lipinski definition) is 1. The van der Waals surface area contributed by atoms with Crippen LogP contribution in [0.25, 0.3) is 0 Å². The highest BCUT2D eigenvalue weighted by atomic mass is 14.9. The van der Waals surface area contributed by atoms with E-state index in [0.29, 0.717) is 5.92 Å². The van der Waals surface area contributed by atoms with E-state index in [9.17, 15) is 0 Å². The summed E-state index contributed by atoms with van der Waals surface area (Å²) >= 11 is 0. The molecule has 0 radical (unpaired) electrons. The second-order valence-corrected chi connectivity index (χ2v) is 4.59. The minimum atomic E-state index is 0.612. The lowest BCUT2D eigenvalue weighted by molar-refractivity contribution is 0.292. The third kappa shape index (κ3) is 2.79. The van der Waals surface area contributed by atoms with Crippen LogP contribution in [0.4, 0.5) is 0 Å². The zero-order chi connectivity index (χ0) is 11.2. The Balaban J connectivity index is 2.04. The molecule has 1 saturated carbocycles. The lowest BCUT2D eigenvalue weighted by atomic mass is 9.77. The van der Waals surface area contributed by atoms with Crippen molar-refractivity contribution in [2.24, 2.45) is 5.92 Å². The van der Waals surface area contributed by atoms with Gasteiger partial charge in [0.2, 0.25) is 0 Å². The van der Waals surface area contributed by atoms with Crippen molar-refractivity contribution in [2.45, 2.75) is 38.5 Å². The first-order valence-corrected chi connectivity index (χ1v) is 6.38. The molecule has 3 heteroatoms. The predicted molar refractivity (Wildman–Crippen MR) is 65.3 cm³/mol. The van der Waals surface area contributed by atoms with Crippen molar-refractivity contribution in [2.75, 3.05) is 13.1 Å². The van der Waals surface area contributed by atoms with Gasteiger partial charge in [-0.25, -0.2) is 0 Å². The molecule has 1 N–H and O–H groups in total. The Morgan fingerprint density at radius 1 is 1.31 bits per heavy atom. The highest BCUT2D eigenvalue weighted by Crippen LogP contribution is 2.36. The summed E-state index contributed by atoms with van der Waals surface area (Å²) in [5.74, 6) is 1.35. The van der Waals surface area contributed by atoms with Gasteiger partial charge in [-0.15, -0.1) is 0 Å². The van der Waals surface area contributed by atoms with Gasteiger partial charge in [0.15, 0.2) is 0 Å². The average Bonchev–Trinajstić information content (AvgIpc) is 2.38. The summed E-state index contributed by atoms with van der Waals surface area (Å²) in [6, 6.07) is 0. The van der Waals surface area contributed by atoms with Crippen LogP contribution in [0, 0.1) is 5.92 Å². The van der Waals surface area contributed by atoms with E-state index in [0.717, 1.165) is 19.0 Å². The lowest BCUT2D eigenvalue weighted by Gasteiger charge is -2.31. The summed E-state index contributed by atoms with van der Waals surface area (Å²) in [5.41, 5.74) is 1.19. The van der Waals surface area contributed by atoms with Gasteiger partial charge in [0.25, 0.3) is 0 Å². The SMILES string of the molecule is CCNCC1CCCCC1c1cnccn1. The quantitative estimate of drug-likeness (QED) is 0.844. The van der Waals surface area contributed by atoms with Crippen molar-refractivity contribution < 1.29 is 0 Å². The second kappa shape index (κ2) is 5.94. The third-order valence-electron chi connectivity index (χ3n) is 3.53. The smallest absolute Gasteiger partial charge is 0.0620 e. The average molecular weight is 219 g/mol. The van der Waals surface area contributed by atoms with E-state index >= 15 is 0 Å². The fourth-order valence-electron chi connectivity index (χ4n) is 2.67. The van der Waals surface area contributed by atoms with E-state index < -0.39 is 0 Å². The second-order valence-electron chi connectivity index (χ2n) is 4.59. The van der Waals surface area contributed by atoms with E-state index in [1.165, 1.54) is 31.4 Å². The molecule has 1 aromatic rings. The summed E-state index contributed by atoms with van der Waals surface area (Å²) in [4.78, 5) is 8.66. The number of aromatic nitrogens is 2. The standard InChI is InChI=1S/C13H21N3/c1-2-14-9-11-5-3-4-6-12(11)13-10-15-7-8-16-13/h7-8,10-12,14H,2-6,9H2,1H3. The monoisotopic (exact) mass is 219 g/mol. The largest absolute Gasteiger partial charge is 0.317 e. The van der Waals surface area contributed by atoms with Crippen LogP contribution >= 0.6 is 0 Å². The summed E-state index contributed by atoms with van der Waals surface area (Å²) in [6.07, 6.45) is 10.8. The first kappa shape index (κ1) is 11.5. The fraction of sp³-hybridized carbons (Fsp3) is 0.692. The number of rotatable bonds is 4. The Labute approximate surface area is 97.7 Å². The van der Waals surface area contributed by atoms with Crippen molar-refractivity contribution in [3.63, 3.8) is 0 Å². The maximum atomic E-state index is 4.47. The van der Waals surface area contributed by atoms with Gasteiger partial charge in [0, 0.05) is 24.5 Å². The van der Waals surface area contributed by atoms with Gasteiger partial charge >= 0.3 is 0 Å². The Bertz CT molecular complexity index is 299. The number of nitrogens with one attached hydrogen (secondary N) is 1. The van der Waals surface area contributed by atoms with Crippen LogP contribution in [0.2, 0.25) is 0 Å². The van der Waals surface area contributed by atoms with Gasteiger partial charge in [-0.2, -0.15) is 0 Å². The van der Waals surface area contributed by atoms with E-state index in [4.69, 9.17) is 0 Å². The van der Waals surface area contributed by atoms with Crippen molar-refractivity contribution >= 4 is 0 Å². The predicted octanol–water partition coefficient (Wildman–Crippen LogP) is 2.36. The van der Waals surface area contributed by atoms with Gasteiger partial charge in [-0.1, -0.05) is 19.8 Å². The van der Waals surface area contributed by atoms with Gasteiger partial charge in [-0.3, -0.25) is 9.97 Å². The van der Waals surface area contributed by atoms with E-state index in [-0.39, 0.29) is 0 Å². The highest BCUT2D eigenvalue weighted by molar-refractivity contribution is 5.06. The lowest BCUT2D eigenvalue weighted by Crippen LogP contribution is -2.29. The van der Waals surface area contributed by atoms with Crippen molar-refractivity contribution in [1.29, 1.82) is 0 Å². The van der Waals surface area contributed by atoms with Crippen LogP contribution in [-0.4, -0.2) is 23.1 Å². The molecule has 0 aromatic carbocycles. The van der Waals surface area contributed by atoms with Gasteiger partial charge in [-0.05, 0) is 31.8 Å². The maximum absolute atomic E-state index is 4.47. The molecule has 0 bridgehead atoms. The molecule has 0 saturated heterocycles. The van der Waals surface area contributed by atoms with E-state index in [2.05, 4.69) is 22.2 Å². The fourth-order valence-corrected chi connectivity index (χ4v) is 2.67. The molecule has 2 atom stereocenters. The zero-order valence-corrected chi connectivity index (χ0v) is 10.0. The molecule has 3 nitrogen and oxygen atoms in total. The molecule has 1 aliphatic carbocycles. The van der Waals surface area contributed by atoms with Crippen LogP contribution in [0.15, 0.2) is 18.6 Å². The van der Waals surface area contributed by atoms with E-state index in [1.807, 2.05) is 12.4 Å². The first-order chi connectivity index (χ1) is 7.92. The Morgan fingerprint density at radius 2 is 2.19 bits per heavy atom. The van der Waals surface area contributed by atoms with Crippen LogP contribution in [0.5, 0.6) is 0 Å². The Kier molecular flexibility index (Phi) is 4.28. The van der Waals surface area contributed by atoms with Gasteiger partial charge in [0.1, 0.15) is 0 Å². The molecule has 88 valence electrons. The molecule has 0 amide bonds. The van der Waals surface area contributed by atoms with Crippen LogP contribution < -0.4 is 5.32 Å². The third-order valence-corrected chi connectivity index (χ3v) is 3.53. The topological polar surface area (TPSA) is 37.8 Å². The molecule has 16 heavy (non-hydrogen) atoms. The summed E-state index contributed by atoms with van der Waals surface area (Å²) in [6.45, 7) is 4.35. The first-order valence-electron chi connectivity index (χ1n) is 6.38. The summed E-state index contributed by atoms with van der Waals surface area (Å²) < 4.78 is 0. The molecule has 0 aliphatic heterocycles. The van der Waals surface area contributed by atoms with E-state index in [1.54, 1.807) is 6.20 Å². The summed E-state index contributed by atoms with van der Waals surface area (Å²) in [5, 5.41) is 3.47. The van der Waals surface area contributed by atoms with Crippen molar-refractivity contribution in [1.82, 2.24) is 15.3 Å². The zero-order valence-electron chi connectivity index (χ0n) is 10.0. The van der Waals surface area contributed by atoms with Crippen LogP contribution in [0.3, 0.4) is 0 Å². The molecule has 2 unspecified atom stereocenters. The molecular formula is C13H21N3. The molecule has 1 aromatic heterocycles. The minimum Gasteiger partial charge on any atom is -0.317 e. The minimum absolute atomic E-state index is 0.612. The Hall–Kier alpha value is -0.960.